The van der Waals surface area contributed by atoms with Crippen molar-refractivity contribution >= 4 is 23.0 Å². The zero-order chi connectivity index (χ0) is 19.0. The molecule has 0 saturated carbocycles. The average Bonchev–Trinajstić information content (AvgIpc) is 3.17. The van der Waals surface area contributed by atoms with Crippen LogP contribution in [0.2, 0.25) is 0 Å². The number of fused-ring (bicyclic) bond motifs is 1. The number of benzene rings is 3. The normalized spacial score (nSPS) is 10.8. The van der Waals surface area contributed by atoms with Crippen LogP contribution in [0.5, 0.6) is 0 Å². The van der Waals surface area contributed by atoms with Crippen LogP contribution < -0.4 is 0 Å². The van der Waals surface area contributed by atoms with Crippen LogP contribution in [0.15, 0.2) is 71.5 Å². The molecule has 0 atom stereocenters. The second-order valence-corrected chi connectivity index (χ2v) is 5.96. The molecule has 2 N–H and O–H groups in total. The predicted molar refractivity (Wildman–Crippen MR) is 98.8 cm³/mol. The van der Waals surface area contributed by atoms with E-state index in [9.17, 15) is 9.59 Å². The van der Waals surface area contributed by atoms with E-state index in [4.69, 9.17) is 14.6 Å². The van der Waals surface area contributed by atoms with Gasteiger partial charge in [-0.25, -0.2) is 14.6 Å². The molecule has 0 fully saturated rings. The van der Waals surface area contributed by atoms with Gasteiger partial charge in [-0.2, -0.15) is 0 Å². The van der Waals surface area contributed by atoms with Crippen LogP contribution in [0, 0.1) is 0 Å². The summed E-state index contributed by atoms with van der Waals surface area (Å²) in [6, 6.07) is 16.8. The number of carboxylic acids is 2. The van der Waals surface area contributed by atoms with Crippen LogP contribution in [0.1, 0.15) is 20.7 Å². The third-order valence-corrected chi connectivity index (χ3v) is 4.37. The summed E-state index contributed by atoms with van der Waals surface area (Å²) in [4.78, 5) is 26.4. The third kappa shape index (κ3) is 2.93. The Kier molecular flexibility index (Phi) is 3.93. The lowest BCUT2D eigenvalue weighted by Gasteiger charge is -2.07. The van der Waals surface area contributed by atoms with Crippen LogP contribution in [0.3, 0.4) is 0 Å². The highest BCUT2D eigenvalue weighted by Crippen LogP contribution is 2.35. The largest absolute Gasteiger partial charge is 0.478 e. The maximum absolute atomic E-state index is 11.0. The smallest absolute Gasteiger partial charge is 0.335 e. The molecule has 0 spiro atoms. The predicted octanol–water partition coefficient (Wildman–Crippen LogP) is 4.56. The number of oxazole rings is 1. The molecule has 0 aliphatic heterocycles. The number of hydrogen-bond donors (Lipinski definition) is 2. The lowest BCUT2D eigenvalue weighted by molar-refractivity contribution is 0.0686. The van der Waals surface area contributed by atoms with Crippen molar-refractivity contribution in [2.45, 2.75) is 0 Å². The van der Waals surface area contributed by atoms with E-state index in [0.717, 1.165) is 22.3 Å². The molecule has 0 bridgehead atoms. The maximum atomic E-state index is 11.0. The zero-order valence-corrected chi connectivity index (χ0v) is 13.9. The Labute approximate surface area is 153 Å². The SMILES string of the molecule is O=C(O)c1ccc(-c2ccc(-c3ccc(C(=O)O)cc3)c3ocnc23)cc1. The van der Waals surface area contributed by atoms with Gasteiger partial charge in [0.05, 0.1) is 11.1 Å². The van der Waals surface area contributed by atoms with Crippen molar-refractivity contribution in [2.75, 3.05) is 0 Å². The third-order valence-electron chi connectivity index (χ3n) is 4.37. The van der Waals surface area contributed by atoms with Crippen molar-refractivity contribution in [2.24, 2.45) is 0 Å². The minimum atomic E-state index is -0.980. The highest BCUT2D eigenvalue weighted by atomic mass is 16.4. The highest BCUT2D eigenvalue weighted by molar-refractivity contribution is 6.00. The van der Waals surface area contributed by atoms with Gasteiger partial charge in [-0.05, 0) is 41.5 Å². The standard InChI is InChI=1S/C21H13NO5/c23-20(24)14-5-1-12(2-6-14)16-9-10-17(19-18(16)22-11-27-19)13-3-7-15(8-4-13)21(25)26/h1-11H,(H,23,24)(H,25,26). The van der Waals surface area contributed by atoms with E-state index < -0.39 is 11.9 Å². The van der Waals surface area contributed by atoms with Crippen LogP contribution in [-0.4, -0.2) is 27.1 Å². The van der Waals surface area contributed by atoms with E-state index in [0.29, 0.717) is 11.1 Å². The summed E-state index contributed by atoms with van der Waals surface area (Å²) in [6.07, 6.45) is 1.36. The van der Waals surface area contributed by atoms with Crippen LogP contribution >= 0.6 is 0 Å². The van der Waals surface area contributed by atoms with E-state index in [-0.39, 0.29) is 11.1 Å². The summed E-state index contributed by atoms with van der Waals surface area (Å²) in [7, 11) is 0. The summed E-state index contributed by atoms with van der Waals surface area (Å²) < 4.78 is 5.58. The van der Waals surface area contributed by atoms with Gasteiger partial charge >= 0.3 is 11.9 Å². The number of aromatic carboxylic acids is 2. The van der Waals surface area contributed by atoms with Gasteiger partial charge < -0.3 is 14.6 Å². The topological polar surface area (TPSA) is 101 Å². The second-order valence-electron chi connectivity index (χ2n) is 5.96. The van der Waals surface area contributed by atoms with Crippen molar-refractivity contribution in [3.63, 3.8) is 0 Å². The Morgan fingerprint density at radius 2 is 1.19 bits per heavy atom. The quantitative estimate of drug-likeness (QED) is 0.554. The minimum absolute atomic E-state index is 0.211. The molecule has 0 aliphatic carbocycles. The molecule has 0 amide bonds. The molecule has 0 aliphatic rings. The number of hydrogen-bond acceptors (Lipinski definition) is 4. The molecule has 6 heteroatoms. The highest BCUT2D eigenvalue weighted by Gasteiger charge is 2.14. The number of nitrogens with zero attached hydrogens (tertiary/aromatic N) is 1. The zero-order valence-electron chi connectivity index (χ0n) is 13.9. The van der Waals surface area contributed by atoms with Crippen LogP contribution in [0.4, 0.5) is 0 Å². The van der Waals surface area contributed by atoms with Crippen molar-refractivity contribution in [1.29, 1.82) is 0 Å². The molecule has 6 nitrogen and oxygen atoms in total. The van der Waals surface area contributed by atoms with Gasteiger partial charge in [0.15, 0.2) is 12.0 Å². The summed E-state index contributed by atoms with van der Waals surface area (Å²) >= 11 is 0. The van der Waals surface area contributed by atoms with E-state index in [1.807, 2.05) is 12.1 Å². The molecule has 0 unspecified atom stereocenters. The molecule has 4 rings (SSSR count). The molecule has 1 heterocycles. The van der Waals surface area contributed by atoms with Gasteiger partial charge in [0, 0.05) is 11.1 Å². The molecule has 27 heavy (non-hydrogen) atoms. The van der Waals surface area contributed by atoms with Gasteiger partial charge in [-0.1, -0.05) is 30.3 Å². The maximum Gasteiger partial charge on any atom is 0.335 e. The lowest BCUT2D eigenvalue weighted by Crippen LogP contribution is -1.95. The average molecular weight is 359 g/mol. The van der Waals surface area contributed by atoms with Crippen molar-refractivity contribution in [3.8, 4) is 22.3 Å². The number of carboxylic acid groups (broad SMARTS) is 2. The Bertz CT molecular complexity index is 1070. The molecule has 0 radical (unpaired) electrons. The molecule has 1 aromatic heterocycles. The van der Waals surface area contributed by atoms with E-state index in [2.05, 4.69) is 4.98 Å². The van der Waals surface area contributed by atoms with Gasteiger partial charge in [0.1, 0.15) is 5.52 Å². The van der Waals surface area contributed by atoms with Gasteiger partial charge in [-0.3, -0.25) is 0 Å². The van der Waals surface area contributed by atoms with E-state index in [1.54, 1.807) is 48.5 Å². The molecular formula is C21H13NO5. The summed E-state index contributed by atoms with van der Waals surface area (Å²) in [5.74, 6) is -1.96. The fourth-order valence-corrected chi connectivity index (χ4v) is 3.00. The van der Waals surface area contributed by atoms with Crippen molar-refractivity contribution in [3.05, 3.63) is 78.2 Å². The monoisotopic (exact) mass is 359 g/mol. The van der Waals surface area contributed by atoms with Crippen molar-refractivity contribution < 1.29 is 24.2 Å². The number of aromatic nitrogens is 1. The van der Waals surface area contributed by atoms with E-state index >= 15 is 0 Å². The van der Waals surface area contributed by atoms with Crippen LogP contribution in [-0.2, 0) is 0 Å². The lowest BCUT2D eigenvalue weighted by atomic mass is 9.97. The Morgan fingerprint density at radius 3 is 1.70 bits per heavy atom. The molecule has 3 aromatic carbocycles. The van der Waals surface area contributed by atoms with E-state index in [1.165, 1.54) is 6.39 Å². The van der Waals surface area contributed by atoms with Gasteiger partial charge in [0.25, 0.3) is 0 Å². The molecule has 4 aromatic rings. The second kappa shape index (κ2) is 6.42. The fraction of sp³-hybridized carbons (Fsp3) is 0. The fourth-order valence-electron chi connectivity index (χ4n) is 3.00. The number of rotatable bonds is 4. The Hall–Kier alpha value is -3.93. The van der Waals surface area contributed by atoms with Crippen molar-refractivity contribution in [1.82, 2.24) is 4.98 Å². The van der Waals surface area contributed by atoms with Gasteiger partial charge in [0.2, 0.25) is 0 Å². The Balaban J connectivity index is 1.80. The molecule has 132 valence electrons. The van der Waals surface area contributed by atoms with Crippen LogP contribution in [0.25, 0.3) is 33.4 Å². The first-order valence-electron chi connectivity index (χ1n) is 8.08. The first kappa shape index (κ1) is 16.5. The first-order valence-corrected chi connectivity index (χ1v) is 8.08. The number of carbonyl (C=O) groups is 2. The molecule has 0 saturated heterocycles. The summed E-state index contributed by atoms with van der Waals surface area (Å²) in [5, 5.41) is 18.1. The summed E-state index contributed by atoms with van der Waals surface area (Å²) in [6.45, 7) is 0. The summed E-state index contributed by atoms with van der Waals surface area (Å²) in [5.41, 5.74) is 4.91. The minimum Gasteiger partial charge on any atom is -0.478 e. The molecular weight excluding hydrogens is 346 g/mol. The first-order chi connectivity index (χ1) is 13.0. The Morgan fingerprint density at radius 1 is 0.704 bits per heavy atom. The van der Waals surface area contributed by atoms with Gasteiger partial charge in [-0.15, -0.1) is 0 Å².